The first kappa shape index (κ1) is 35.9. The molecule has 11 heteroatoms. The zero-order valence-electron chi connectivity index (χ0n) is 28.7. The molecular weight excluding hydrogens is 620 g/mol. The van der Waals surface area contributed by atoms with E-state index >= 15 is 0 Å². The zero-order chi connectivity index (χ0) is 35.1. The molecule has 1 saturated carbocycles. The first-order chi connectivity index (χ1) is 23.4. The van der Waals surface area contributed by atoms with Gasteiger partial charge < -0.3 is 26.8 Å². The van der Waals surface area contributed by atoms with Gasteiger partial charge in [-0.05, 0) is 69.6 Å². The smallest absolute Gasteiger partial charge is 0.270 e. The summed E-state index contributed by atoms with van der Waals surface area (Å²) in [6, 6.07) is 17.6. The molecule has 2 aliphatic rings. The number of pyridine rings is 1. The Kier molecular flexibility index (Phi) is 11.7. The predicted molar refractivity (Wildman–Crippen MR) is 188 cm³/mol. The molecule has 2 fully saturated rings. The van der Waals surface area contributed by atoms with Crippen LogP contribution in [0.15, 0.2) is 66.7 Å². The van der Waals surface area contributed by atoms with E-state index in [4.69, 9.17) is 5.73 Å². The number of carbonyl (C=O) groups excluding carboxylic acids is 4. The maximum Gasteiger partial charge on any atom is 0.270 e. The first-order valence-electron chi connectivity index (χ1n) is 17.4. The van der Waals surface area contributed by atoms with Crippen molar-refractivity contribution in [2.45, 2.75) is 95.5 Å². The standard InChI is InChI=1S/C38H50N6O5/c1-38(2,3)43-37(49)32-20-26-14-7-8-15-27(26)22-44(32)23-33(45)30(19-24-11-5-4-6-12-24)41-36(48)31(21-34(39)46)42-35(47)29-18-17-25-13-9-10-16-28(25)40-29/h4-6,9-13,16-18,26-27,30-33,45H,7-8,14-15,19-23H2,1-3H3,(H2,39,46)(H,41,48)(H,42,47)(H,43,49)/t26-,27+,30-,31?,32-,33+/m0/s1. The lowest BCUT2D eigenvalue weighted by atomic mass is 9.72. The molecule has 1 aliphatic carbocycles. The zero-order valence-corrected chi connectivity index (χ0v) is 28.7. The molecule has 5 rings (SSSR count). The molecule has 1 aliphatic heterocycles. The van der Waals surface area contributed by atoms with Crippen molar-refractivity contribution in [2.75, 3.05) is 13.1 Å². The third-order valence-electron chi connectivity index (χ3n) is 9.67. The molecule has 6 atom stereocenters. The van der Waals surface area contributed by atoms with Gasteiger partial charge in [0, 0.05) is 24.0 Å². The maximum absolute atomic E-state index is 13.8. The number of aliphatic hydroxyl groups excluding tert-OH is 1. The highest BCUT2D eigenvalue weighted by Crippen LogP contribution is 2.39. The Morgan fingerprint density at radius 3 is 2.35 bits per heavy atom. The number of carbonyl (C=O) groups is 4. The molecule has 49 heavy (non-hydrogen) atoms. The summed E-state index contributed by atoms with van der Waals surface area (Å²) in [5.41, 5.74) is 6.70. The van der Waals surface area contributed by atoms with Crippen molar-refractivity contribution in [3.63, 3.8) is 0 Å². The second kappa shape index (κ2) is 15.9. The number of para-hydroxylation sites is 1. The number of hydrogen-bond donors (Lipinski definition) is 5. The van der Waals surface area contributed by atoms with Crippen LogP contribution in [0.5, 0.6) is 0 Å². The van der Waals surface area contributed by atoms with Gasteiger partial charge in [0.15, 0.2) is 0 Å². The van der Waals surface area contributed by atoms with E-state index in [1.54, 1.807) is 18.2 Å². The van der Waals surface area contributed by atoms with Crippen molar-refractivity contribution in [3.8, 4) is 0 Å². The molecule has 1 unspecified atom stereocenters. The fourth-order valence-electron chi connectivity index (χ4n) is 7.26. The number of primary amides is 1. The molecule has 1 aromatic heterocycles. The van der Waals surface area contributed by atoms with Crippen molar-refractivity contribution in [3.05, 3.63) is 78.0 Å². The summed E-state index contributed by atoms with van der Waals surface area (Å²) in [7, 11) is 0. The lowest BCUT2D eigenvalue weighted by Gasteiger charge is -2.47. The lowest BCUT2D eigenvalue weighted by molar-refractivity contribution is -0.133. The fraction of sp³-hybridized carbons (Fsp3) is 0.500. The van der Waals surface area contributed by atoms with Crippen LogP contribution in [0.4, 0.5) is 0 Å². The van der Waals surface area contributed by atoms with Crippen molar-refractivity contribution < 1.29 is 24.3 Å². The summed E-state index contributed by atoms with van der Waals surface area (Å²) in [5.74, 6) is -1.20. The summed E-state index contributed by atoms with van der Waals surface area (Å²) in [4.78, 5) is 59.3. The summed E-state index contributed by atoms with van der Waals surface area (Å²) < 4.78 is 0. The van der Waals surface area contributed by atoms with Crippen molar-refractivity contribution in [1.29, 1.82) is 0 Å². The van der Waals surface area contributed by atoms with Gasteiger partial charge in [-0.25, -0.2) is 4.98 Å². The number of benzene rings is 2. The molecule has 0 spiro atoms. The maximum atomic E-state index is 13.8. The third-order valence-corrected chi connectivity index (χ3v) is 9.67. The van der Waals surface area contributed by atoms with Gasteiger partial charge in [0.05, 0.1) is 30.1 Å². The minimum Gasteiger partial charge on any atom is -0.390 e. The van der Waals surface area contributed by atoms with Crippen LogP contribution in [0.2, 0.25) is 0 Å². The minimum absolute atomic E-state index is 0.0566. The monoisotopic (exact) mass is 670 g/mol. The molecule has 11 nitrogen and oxygen atoms in total. The van der Waals surface area contributed by atoms with Crippen LogP contribution in [-0.2, 0) is 20.8 Å². The lowest BCUT2D eigenvalue weighted by Crippen LogP contribution is -2.61. The number of amides is 4. The summed E-state index contributed by atoms with van der Waals surface area (Å²) in [6.45, 7) is 6.73. The number of likely N-dealkylation sites (tertiary alicyclic amines) is 1. The largest absolute Gasteiger partial charge is 0.390 e. The summed E-state index contributed by atoms with van der Waals surface area (Å²) >= 11 is 0. The number of nitrogens with one attached hydrogen (secondary N) is 3. The number of hydrogen-bond acceptors (Lipinski definition) is 7. The van der Waals surface area contributed by atoms with Crippen molar-refractivity contribution in [2.24, 2.45) is 17.6 Å². The number of nitrogens with two attached hydrogens (primary N) is 1. The molecule has 2 heterocycles. The van der Waals surface area contributed by atoms with E-state index in [1.807, 2.05) is 69.3 Å². The van der Waals surface area contributed by atoms with Gasteiger partial charge in [0.25, 0.3) is 5.91 Å². The second-order valence-electron chi connectivity index (χ2n) is 14.7. The third kappa shape index (κ3) is 9.86. The molecular formula is C38H50N6O5. The molecule has 262 valence electrons. The van der Waals surface area contributed by atoms with E-state index in [0.29, 0.717) is 23.9 Å². The number of piperidine rings is 1. The van der Waals surface area contributed by atoms with Gasteiger partial charge in [-0.2, -0.15) is 0 Å². The van der Waals surface area contributed by atoms with Gasteiger partial charge in [0.1, 0.15) is 11.7 Å². The van der Waals surface area contributed by atoms with Gasteiger partial charge in [-0.15, -0.1) is 0 Å². The van der Waals surface area contributed by atoms with Crippen molar-refractivity contribution in [1.82, 2.24) is 25.8 Å². The minimum atomic E-state index is -1.30. The van der Waals surface area contributed by atoms with Gasteiger partial charge in [0.2, 0.25) is 17.7 Å². The first-order valence-corrected chi connectivity index (χ1v) is 17.4. The van der Waals surface area contributed by atoms with Gasteiger partial charge in [-0.3, -0.25) is 24.1 Å². The predicted octanol–water partition coefficient (Wildman–Crippen LogP) is 3.09. The van der Waals surface area contributed by atoms with E-state index in [9.17, 15) is 24.3 Å². The second-order valence-corrected chi connectivity index (χ2v) is 14.7. The van der Waals surface area contributed by atoms with E-state index in [2.05, 4.69) is 25.8 Å². The average molecular weight is 671 g/mol. The number of aliphatic hydroxyl groups is 1. The van der Waals surface area contributed by atoms with Crippen LogP contribution in [0.1, 0.15) is 75.3 Å². The molecule has 2 aromatic carbocycles. The van der Waals surface area contributed by atoms with Crippen LogP contribution in [0, 0.1) is 11.8 Å². The number of β-amino-alcohol motifs (C(OH)–C–C–N with tert-alkyl or cyclic N) is 1. The van der Waals surface area contributed by atoms with Crippen LogP contribution in [0.25, 0.3) is 10.9 Å². The Morgan fingerprint density at radius 2 is 1.63 bits per heavy atom. The van der Waals surface area contributed by atoms with E-state index in [-0.39, 0.29) is 24.6 Å². The number of nitrogens with zero attached hydrogens (tertiary/aromatic N) is 2. The molecule has 0 radical (unpaired) electrons. The molecule has 6 N–H and O–H groups in total. The van der Waals surface area contributed by atoms with E-state index in [0.717, 1.165) is 36.6 Å². The SMILES string of the molecule is CC(C)(C)NC(=O)[C@@H]1C[C@@H]2CCCC[C@@H]2CN1C[C@@H](O)[C@H](Cc1ccccc1)NC(=O)C(CC(N)=O)NC(=O)c1ccc2ccccc2n1. The summed E-state index contributed by atoms with van der Waals surface area (Å²) in [6.07, 6.45) is 4.03. The van der Waals surface area contributed by atoms with E-state index in [1.165, 1.54) is 6.42 Å². The number of fused-ring (bicyclic) bond motifs is 2. The fourth-order valence-corrected chi connectivity index (χ4v) is 7.26. The average Bonchev–Trinajstić information content (AvgIpc) is 3.06. The highest BCUT2D eigenvalue weighted by Gasteiger charge is 2.42. The summed E-state index contributed by atoms with van der Waals surface area (Å²) in [5, 5.41) is 21.4. The highest BCUT2D eigenvalue weighted by atomic mass is 16.3. The highest BCUT2D eigenvalue weighted by molar-refractivity contribution is 5.99. The van der Waals surface area contributed by atoms with Gasteiger partial charge in [-0.1, -0.05) is 73.9 Å². The molecule has 4 amide bonds. The Morgan fingerprint density at radius 1 is 0.939 bits per heavy atom. The number of aromatic nitrogens is 1. The van der Waals surface area contributed by atoms with Gasteiger partial charge >= 0.3 is 0 Å². The topological polar surface area (TPSA) is 167 Å². The van der Waals surface area contributed by atoms with Crippen LogP contribution >= 0.6 is 0 Å². The van der Waals surface area contributed by atoms with Crippen LogP contribution < -0.4 is 21.7 Å². The Balaban J connectivity index is 1.35. The number of rotatable bonds is 12. The Bertz CT molecular complexity index is 1630. The molecule has 1 saturated heterocycles. The Labute approximate surface area is 288 Å². The van der Waals surface area contributed by atoms with Crippen molar-refractivity contribution >= 4 is 34.5 Å². The quantitative estimate of drug-likeness (QED) is 0.198. The van der Waals surface area contributed by atoms with E-state index < -0.39 is 53.9 Å². The van der Waals surface area contributed by atoms with Crippen LogP contribution in [0.3, 0.4) is 0 Å². The molecule has 0 bridgehead atoms. The Hall–Kier alpha value is -4.35. The molecule has 3 aromatic rings. The normalized spacial score (nSPS) is 21.5. The van der Waals surface area contributed by atoms with Crippen LogP contribution in [-0.4, -0.2) is 81.5 Å².